The van der Waals surface area contributed by atoms with Crippen LogP contribution < -0.4 is 10.4 Å². The van der Waals surface area contributed by atoms with Crippen LogP contribution in [0.15, 0.2) is 27.4 Å². The monoisotopic (exact) mass is 391 g/mol. The Labute approximate surface area is 162 Å². The van der Waals surface area contributed by atoms with Crippen LogP contribution in [0.5, 0.6) is 5.75 Å². The quantitative estimate of drug-likeness (QED) is 0.751. The first kappa shape index (κ1) is 18.3. The van der Waals surface area contributed by atoms with Gasteiger partial charge in [0.25, 0.3) is 5.91 Å². The van der Waals surface area contributed by atoms with E-state index >= 15 is 0 Å². The Hall–Kier alpha value is -2.05. The first-order chi connectivity index (χ1) is 13.0. The minimum absolute atomic E-state index is 0.0722. The maximum absolute atomic E-state index is 12.7. The van der Waals surface area contributed by atoms with Crippen LogP contribution in [0.4, 0.5) is 0 Å². The lowest BCUT2D eigenvalue weighted by molar-refractivity contribution is -0.151. The third-order valence-electron chi connectivity index (χ3n) is 5.41. The van der Waals surface area contributed by atoms with E-state index in [1.165, 1.54) is 6.07 Å². The molecule has 144 valence electrons. The first-order valence-electron chi connectivity index (χ1n) is 9.31. The van der Waals surface area contributed by atoms with E-state index in [4.69, 9.17) is 25.5 Å². The van der Waals surface area contributed by atoms with E-state index in [2.05, 4.69) is 0 Å². The van der Waals surface area contributed by atoms with E-state index in [0.29, 0.717) is 29.5 Å². The molecule has 1 aliphatic carbocycles. The number of carbonyl (C=O) groups is 1. The maximum atomic E-state index is 12.7. The van der Waals surface area contributed by atoms with Crippen molar-refractivity contribution in [3.05, 3.63) is 39.2 Å². The predicted molar refractivity (Wildman–Crippen MR) is 101 cm³/mol. The minimum Gasteiger partial charge on any atom is -0.482 e. The summed E-state index contributed by atoms with van der Waals surface area (Å²) in [7, 11) is 0. The number of aryl methyl sites for hydroxylation is 1. The molecular weight excluding hydrogens is 370 g/mol. The van der Waals surface area contributed by atoms with Crippen molar-refractivity contribution in [3.63, 3.8) is 0 Å². The van der Waals surface area contributed by atoms with Gasteiger partial charge < -0.3 is 18.8 Å². The molecule has 0 bridgehead atoms. The predicted octanol–water partition coefficient (Wildman–Crippen LogP) is 3.30. The zero-order valence-corrected chi connectivity index (χ0v) is 16.0. The average molecular weight is 392 g/mol. The van der Waals surface area contributed by atoms with E-state index in [-0.39, 0.29) is 24.7 Å². The number of hydrogen-bond acceptors (Lipinski definition) is 5. The summed E-state index contributed by atoms with van der Waals surface area (Å²) >= 11 is 6.31. The molecular formula is C20H22ClNO5. The Bertz CT molecular complexity index is 922. The van der Waals surface area contributed by atoms with Crippen molar-refractivity contribution in [1.82, 2.24) is 4.90 Å². The summed E-state index contributed by atoms with van der Waals surface area (Å²) in [5.41, 5.74) is 0.744. The number of nitrogens with zero attached hydrogens (tertiary/aromatic N) is 1. The molecule has 1 aromatic carbocycles. The number of amides is 1. The van der Waals surface area contributed by atoms with Crippen molar-refractivity contribution in [2.75, 3.05) is 19.8 Å². The van der Waals surface area contributed by atoms with Crippen LogP contribution in [0.3, 0.4) is 0 Å². The molecule has 0 N–H and O–H groups in total. The topological polar surface area (TPSA) is 69.0 Å². The Morgan fingerprint density at radius 2 is 2.11 bits per heavy atom. The highest BCUT2D eigenvalue weighted by Gasteiger charge is 2.36. The summed E-state index contributed by atoms with van der Waals surface area (Å²) in [6.07, 6.45) is 4.38. The van der Waals surface area contributed by atoms with Crippen LogP contribution in [-0.2, 0) is 9.53 Å². The molecule has 0 spiro atoms. The molecule has 2 aliphatic rings. The number of morpholine rings is 1. The first-order valence-corrected chi connectivity index (χ1v) is 9.68. The lowest BCUT2D eigenvalue weighted by atomic mass is 9.90. The van der Waals surface area contributed by atoms with E-state index in [0.717, 1.165) is 36.6 Å². The van der Waals surface area contributed by atoms with Gasteiger partial charge in [-0.3, -0.25) is 4.79 Å². The largest absolute Gasteiger partial charge is 0.482 e. The van der Waals surface area contributed by atoms with Crippen molar-refractivity contribution < 1.29 is 18.7 Å². The van der Waals surface area contributed by atoms with Gasteiger partial charge in [-0.25, -0.2) is 4.79 Å². The fourth-order valence-corrected chi connectivity index (χ4v) is 4.28. The maximum Gasteiger partial charge on any atom is 0.336 e. The van der Waals surface area contributed by atoms with Crippen molar-refractivity contribution in [2.24, 2.45) is 0 Å². The number of rotatable bonds is 3. The summed E-state index contributed by atoms with van der Waals surface area (Å²) in [5.74, 6) is 0.261. The van der Waals surface area contributed by atoms with Crippen LogP contribution in [0.25, 0.3) is 11.0 Å². The summed E-state index contributed by atoms with van der Waals surface area (Å²) in [4.78, 5) is 26.2. The molecule has 6 nitrogen and oxygen atoms in total. The molecule has 2 aromatic rings. The molecule has 27 heavy (non-hydrogen) atoms. The van der Waals surface area contributed by atoms with Crippen molar-refractivity contribution in [2.45, 2.75) is 44.8 Å². The van der Waals surface area contributed by atoms with Crippen molar-refractivity contribution in [3.8, 4) is 5.75 Å². The fourth-order valence-electron chi connectivity index (χ4n) is 4.06. The summed E-state index contributed by atoms with van der Waals surface area (Å²) in [6, 6.07) is 4.82. The molecule has 1 saturated heterocycles. The second-order valence-corrected chi connectivity index (χ2v) is 7.57. The Balaban J connectivity index is 1.50. The zero-order valence-electron chi connectivity index (χ0n) is 15.2. The molecule has 2 fully saturated rings. The number of ether oxygens (including phenoxy) is 2. The molecule has 0 unspecified atom stereocenters. The smallest absolute Gasteiger partial charge is 0.336 e. The highest BCUT2D eigenvalue weighted by molar-refractivity contribution is 6.32. The molecule has 7 heteroatoms. The number of halogens is 1. The third kappa shape index (κ3) is 3.69. The normalized spacial score (nSPS) is 22.5. The van der Waals surface area contributed by atoms with Crippen LogP contribution in [0, 0.1) is 6.92 Å². The SMILES string of the molecule is Cc1cc(=O)oc2cc(OCC(=O)N3CCO[C@@H]4CCCC[C@H]43)c(Cl)cc12. The molecule has 2 atom stereocenters. The Kier molecular flexibility index (Phi) is 5.10. The number of benzene rings is 1. The lowest BCUT2D eigenvalue weighted by Gasteiger charge is -2.43. The molecule has 1 amide bonds. The molecule has 4 rings (SSSR count). The van der Waals surface area contributed by atoms with Crippen LogP contribution >= 0.6 is 11.6 Å². The lowest BCUT2D eigenvalue weighted by Crippen LogP contribution is -2.55. The summed E-state index contributed by atoms with van der Waals surface area (Å²) < 4.78 is 16.7. The summed E-state index contributed by atoms with van der Waals surface area (Å²) in [6.45, 7) is 2.86. The highest BCUT2D eigenvalue weighted by Crippen LogP contribution is 2.32. The van der Waals surface area contributed by atoms with E-state index in [9.17, 15) is 9.59 Å². The molecule has 0 radical (unpaired) electrons. The van der Waals surface area contributed by atoms with E-state index in [1.807, 2.05) is 11.8 Å². The third-order valence-corrected chi connectivity index (χ3v) is 5.70. The van der Waals surface area contributed by atoms with Gasteiger partial charge in [-0.2, -0.15) is 0 Å². The van der Waals surface area contributed by atoms with Crippen LogP contribution in [0.2, 0.25) is 5.02 Å². The van der Waals surface area contributed by atoms with Gasteiger partial charge in [0.15, 0.2) is 6.61 Å². The molecule has 1 aromatic heterocycles. The molecule has 1 aliphatic heterocycles. The standard InChI is InChI=1S/C20H22ClNO5/c1-12-8-20(24)27-17-10-18(14(21)9-13(12)17)26-11-19(23)22-6-7-25-16-5-3-2-4-15(16)22/h8-10,15-16H,2-7,11H2,1H3/t15-,16-/m1/s1. The molecule has 2 heterocycles. The highest BCUT2D eigenvalue weighted by atomic mass is 35.5. The van der Waals surface area contributed by atoms with Gasteiger partial charge in [0.2, 0.25) is 0 Å². The number of fused-ring (bicyclic) bond motifs is 2. The van der Waals surface area contributed by atoms with Crippen LogP contribution in [-0.4, -0.2) is 42.7 Å². The number of carbonyl (C=O) groups excluding carboxylic acids is 1. The zero-order chi connectivity index (χ0) is 19.0. The van der Waals surface area contributed by atoms with Crippen molar-refractivity contribution >= 4 is 28.5 Å². The van der Waals surface area contributed by atoms with Gasteiger partial charge in [0.1, 0.15) is 11.3 Å². The van der Waals surface area contributed by atoms with Crippen molar-refractivity contribution in [1.29, 1.82) is 0 Å². The fraction of sp³-hybridized carbons (Fsp3) is 0.500. The number of hydrogen-bond donors (Lipinski definition) is 0. The Morgan fingerprint density at radius 3 is 2.96 bits per heavy atom. The van der Waals surface area contributed by atoms with Gasteiger partial charge in [-0.05, 0) is 31.4 Å². The second kappa shape index (κ2) is 7.52. The Morgan fingerprint density at radius 1 is 1.30 bits per heavy atom. The molecule has 1 saturated carbocycles. The average Bonchev–Trinajstić information content (AvgIpc) is 2.66. The van der Waals surface area contributed by atoms with Gasteiger partial charge in [0, 0.05) is 24.1 Å². The minimum atomic E-state index is -0.430. The van der Waals surface area contributed by atoms with E-state index < -0.39 is 5.63 Å². The van der Waals surface area contributed by atoms with Crippen LogP contribution in [0.1, 0.15) is 31.2 Å². The summed E-state index contributed by atoms with van der Waals surface area (Å²) in [5, 5.41) is 1.13. The van der Waals surface area contributed by atoms with Gasteiger partial charge >= 0.3 is 5.63 Å². The van der Waals surface area contributed by atoms with Gasteiger partial charge in [-0.1, -0.05) is 24.4 Å². The second-order valence-electron chi connectivity index (χ2n) is 7.16. The van der Waals surface area contributed by atoms with Gasteiger partial charge in [-0.15, -0.1) is 0 Å². The van der Waals surface area contributed by atoms with E-state index in [1.54, 1.807) is 12.1 Å². The van der Waals surface area contributed by atoms with Gasteiger partial charge in [0.05, 0.1) is 23.8 Å².